The molecule has 1 unspecified atom stereocenters. The Bertz CT molecular complexity index is 177. The third-order valence-corrected chi connectivity index (χ3v) is 3.45. The second-order valence-electron chi connectivity index (χ2n) is 4.23. The van der Waals surface area contributed by atoms with Gasteiger partial charge in [-0.05, 0) is 31.6 Å². The minimum atomic E-state index is 0. The van der Waals surface area contributed by atoms with Crippen molar-refractivity contribution in [3.63, 3.8) is 0 Å². The molecule has 1 rings (SSSR count). The first-order valence-electron chi connectivity index (χ1n) is 4.13. The Morgan fingerprint density at radius 3 is 1.82 bits per heavy atom. The molecule has 0 saturated heterocycles. The molecule has 0 amide bonds. The minimum absolute atomic E-state index is 0. The fraction of sp³-hybridized carbons (Fsp3) is 0.800. The van der Waals surface area contributed by atoms with Crippen molar-refractivity contribution < 1.29 is 40.4 Å². The molecule has 0 N–H and O–H groups in total. The third kappa shape index (κ3) is 2.05. The molecular weight excluding hydrogens is 270 g/mol. The summed E-state index contributed by atoms with van der Waals surface area (Å²) in [5.74, 6) is 0.840. The number of hydrogen-bond donors (Lipinski definition) is 0. The normalized spacial score (nSPS) is 28.6. The van der Waals surface area contributed by atoms with Crippen LogP contribution in [0.2, 0.25) is 0 Å². The van der Waals surface area contributed by atoms with Gasteiger partial charge in [-0.25, -0.2) is 0 Å². The summed E-state index contributed by atoms with van der Waals surface area (Å²) in [5.41, 5.74) is 3.68. The summed E-state index contributed by atoms with van der Waals surface area (Å²) in [5, 5.41) is 0. The molecule has 1 atom stereocenters. The number of hydrogen-bond acceptors (Lipinski definition) is 0. The molecule has 0 aromatic rings. The van der Waals surface area contributed by atoms with Gasteiger partial charge >= 0.3 is 0 Å². The maximum absolute atomic E-state index is 2.35. The Labute approximate surface area is 103 Å². The second kappa shape index (κ2) is 3.86. The Hall–Kier alpha value is 1.08. The summed E-state index contributed by atoms with van der Waals surface area (Å²) in [6.45, 7) is 11.6. The molecule has 0 bridgehead atoms. The van der Waals surface area contributed by atoms with Gasteiger partial charge in [-0.3, -0.25) is 0 Å². The zero-order valence-electron chi connectivity index (χ0n) is 8.19. The molecule has 0 heterocycles. The molecule has 0 fully saturated rings. The molecule has 0 saturated carbocycles. The molecular formula is C10H18Sm. The van der Waals surface area contributed by atoms with Gasteiger partial charge in [-0.15, -0.1) is 0 Å². The molecule has 1 aliphatic rings. The van der Waals surface area contributed by atoms with E-state index in [-0.39, 0.29) is 40.4 Å². The zero-order chi connectivity index (χ0) is 7.94. The summed E-state index contributed by atoms with van der Waals surface area (Å²) in [7, 11) is 0. The van der Waals surface area contributed by atoms with E-state index in [1.807, 2.05) is 0 Å². The standard InChI is InChI=1S/C10H18.Sm/c1-7-6-8(2)10(4,5)9(7)3;/h8H,6H2,1-5H3;. The molecule has 11 heavy (non-hydrogen) atoms. The molecule has 0 nitrogen and oxygen atoms in total. The summed E-state index contributed by atoms with van der Waals surface area (Å²) in [6, 6.07) is 0. The predicted octanol–water partition coefficient (Wildman–Crippen LogP) is 3.39. The summed E-state index contributed by atoms with van der Waals surface area (Å²) < 4.78 is 0. The molecule has 1 heteroatoms. The molecule has 1 aliphatic carbocycles. The van der Waals surface area contributed by atoms with E-state index < -0.39 is 0 Å². The van der Waals surface area contributed by atoms with Crippen LogP contribution in [0.3, 0.4) is 0 Å². The van der Waals surface area contributed by atoms with Gasteiger partial charge in [0.2, 0.25) is 0 Å². The predicted molar refractivity (Wildman–Crippen MR) is 45.9 cm³/mol. The number of allylic oxidation sites excluding steroid dienone is 2. The van der Waals surface area contributed by atoms with Crippen molar-refractivity contribution >= 4 is 0 Å². The van der Waals surface area contributed by atoms with Crippen molar-refractivity contribution in [1.29, 1.82) is 0 Å². The van der Waals surface area contributed by atoms with E-state index in [9.17, 15) is 0 Å². The van der Waals surface area contributed by atoms with E-state index in [4.69, 9.17) is 0 Å². The van der Waals surface area contributed by atoms with Gasteiger partial charge in [0.05, 0.1) is 0 Å². The van der Waals surface area contributed by atoms with Crippen LogP contribution in [-0.2, 0) is 0 Å². The zero-order valence-corrected chi connectivity index (χ0v) is 10.8. The van der Waals surface area contributed by atoms with Gasteiger partial charge in [-0.2, -0.15) is 0 Å². The topological polar surface area (TPSA) is 0 Å². The molecule has 0 spiro atoms. The van der Waals surface area contributed by atoms with Crippen molar-refractivity contribution in [1.82, 2.24) is 0 Å². The summed E-state index contributed by atoms with van der Waals surface area (Å²) in [6.07, 6.45) is 1.30. The van der Waals surface area contributed by atoms with Crippen LogP contribution in [0.4, 0.5) is 0 Å². The average molecular weight is 289 g/mol. The fourth-order valence-corrected chi connectivity index (χ4v) is 1.79. The largest absolute Gasteiger partial charge is 0.0736 e. The van der Waals surface area contributed by atoms with Gasteiger partial charge in [0.25, 0.3) is 0 Å². The monoisotopic (exact) mass is 290 g/mol. The maximum atomic E-state index is 2.35. The van der Waals surface area contributed by atoms with Crippen LogP contribution in [0.25, 0.3) is 0 Å². The van der Waals surface area contributed by atoms with Gasteiger partial charge in [-0.1, -0.05) is 31.9 Å². The van der Waals surface area contributed by atoms with Crippen molar-refractivity contribution in [2.24, 2.45) is 11.3 Å². The Morgan fingerprint density at radius 1 is 1.27 bits per heavy atom. The van der Waals surface area contributed by atoms with E-state index >= 15 is 0 Å². The van der Waals surface area contributed by atoms with Crippen LogP contribution in [0, 0.1) is 51.7 Å². The van der Waals surface area contributed by atoms with E-state index in [1.54, 1.807) is 11.1 Å². The quantitative estimate of drug-likeness (QED) is 0.599. The summed E-state index contributed by atoms with van der Waals surface area (Å²) >= 11 is 0. The smallest absolute Gasteiger partial charge is 0 e. The second-order valence-corrected chi connectivity index (χ2v) is 4.23. The van der Waals surface area contributed by atoms with E-state index in [2.05, 4.69) is 34.6 Å². The van der Waals surface area contributed by atoms with Gasteiger partial charge < -0.3 is 0 Å². The van der Waals surface area contributed by atoms with Crippen molar-refractivity contribution in [3.8, 4) is 0 Å². The Morgan fingerprint density at radius 2 is 1.73 bits per heavy atom. The van der Waals surface area contributed by atoms with Crippen molar-refractivity contribution in [2.75, 3.05) is 0 Å². The van der Waals surface area contributed by atoms with E-state index in [1.165, 1.54) is 6.42 Å². The third-order valence-electron chi connectivity index (χ3n) is 3.45. The first kappa shape index (κ1) is 12.1. The average Bonchev–Trinajstić information content (AvgIpc) is 1.97. The summed E-state index contributed by atoms with van der Waals surface area (Å²) in [4.78, 5) is 0. The van der Waals surface area contributed by atoms with Crippen LogP contribution >= 0.6 is 0 Å². The van der Waals surface area contributed by atoms with Gasteiger partial charge in [0.1, 0.15) is 0 Å². The number of rotatable bonds is 0. The first-order chi connectivity index (χ1) is 4.46. The van der Waals surface area contributed by atoms with E-state index in [0.717, 1.165) is 5.92 Å². The van der Waals surface area contributed by atoms with Gasteiger partial charge in [0, 0.05) is 40.4 Å². The fourth-order valence-electron chi connectivity index (χ4n) is 1.79. The van der Waals surface area contributed by atoms with Crippen LogP contribution in [0.5, 0.6) is 0 Å². The first-order valence-corrected chi connectivity index (χ1v) is 4.13. The maximum Gasteiger partial charge on any atom is 0 e. The molecule has 64 valence electrons. The molecule has 0 aliphatic heterocycles. The van der Waals surface area contributed by atoms with Gasteiger partial charge in [0.15, 0.2) is 0 Å². The van der Waals surface area contributed by atoms with Crippen LogP contribution < -0.4 is 0 Å². The van der Waals surface area contributed by atoms with Crippen LogP contribution in [0.15, 0.2) is 11.1 Å². The Balaban J connectivity index is 0.000001000. The molecule has 0 aromatic heterocycles. The van der Waals surface area contributed by atoms with Crippen molar-refractivity contribution in [3.05, 3.63) is 11.1 Å². The SMILES string of the molecule is CC1=C(C)C(C)(C)C(C)C1.[Sm]. The van der Waals surface area contributed by atoms with Crippen LogP contribution in [0.1, 0.15) is 41.0 Å². The van der Waals surface area contributed by atoms with Crippen LogP contribution in [-0.4, -0.2) is 0 Å². The molecule has 0 radical (unpaired) electrons. The Kier molecular flexibility index (Phi) is 4.24. The van der Waals surface area contributed by atoms with Crippen molar-refractivity contribution in [2.45, 2.75) is 41.0 Å². The molecule has 0 aromatic carbocycles. The minimum Gasteiger partial charge on any atom is -0.0736 e. The van der Waals surface area contributed by atoms with E-state index in [0.29, 0.717) is 5.41 Å².